The second kappa shape index (κ2) is 7.39. The Labute approximate surface area is 128 Å². The molecule has 0 radical (unpaired) electrons. The van der Waals surface area contributed by atoms with Gasteiger partial charge in [0.2, 0.25) is 0 Å². The number of hydrogen-bond acceptors (Lipinski definition) is 3. The minimum atomic E-state index is -4.92. The van der Waals surface area contributed by atoms with Crippen LogP contribution in [0.2, 0.25) is 0 Å². The van der Waals surface area contributed by atoms with E-state index >= 15 is 0 Å². The van der Waals surface area contributed by atoms with Gasteiger partial charge in [-0.3, -0.25) is 9.59 Å². The van der Waals surface area contributed by atoms with Crippen molar-refractivity contribution >= 4 is 11.9 Å². The lowest BCUT2D eigenvalue weighted by Crippen LogP contribution is -2.38. The Balaban J connectivity index is 5.40. The van der Waals surface area contributed by atoms with Crippen LogP contribution in [0.5, 0.6) is 0 Å². The summed E-state index contributed by atoms with van der Waals surface area (Å²) in [6.07, 6.45) is -14.3. The van der Waals surface area contributed by atoms with Crippen LogP contribution in [0.4, 0.5) is 26.3 Å². The molecule has 0 heterocycles. The van der Waals surface area contributed by atoms with Gasteiger partial charge in [-0.25, -0.2) is 0 Å². The molecule has 0 aromatic carbocycles. The number of hydrogen-bond donors (Lipinski definition) is 1. The van der Waals surface area contributed by atoms with Gasteiger partial charge in [-0.05, 0) is 27.2 Å². The van der Waals surface area contributed by atoms with E-state index in [2.05, 4.69) is 0 Å². The Morgan fingerprint density at radius 3 is 1.74 bits per heavy atom. The van der Waals surface area contributed by atoms with Crippen molar-refractivity contribution in [3.05, 3.63) is 0 Å². The summed E-state index contributed by atoms with van der Waals surface area (Å²) in [5.41, 5.74) is -1.20. The molecule has 0 aliphatic rings. The maximum Gasteiger partial charge on any atom is 0.389 e. The van der Waals surface area contributed by atoms with Crippen LogP contribution in [0, 0.1) is 11.8 Å². The highest BCUT2D eigenvalue weighted by Crippen LogP contribution is 2.35. The number of ether oxygens (including phenoxy) is 1. The van der Waals surface area contributed by atoms with Crippen molar-refractivity contribution < 1.29 is 45.8 Å². The number of carbonyl (C=O) groups is 2. The van der Waals surface area contributed by atoms with Crippen molar-refractivity contribution in [1.82, 2.24) is 0 Å². The van der Waals surface area contributed by atoms with Gasteiger partial charge in [-0.1, -0.05) is 0 Å². The third-order valence-corrected chi connectivity index (χ3v) is 2.70. The van der Waals surface area contributed by atoms with Gasteiger partial charge in [0.05, 0.1) is 18.3 Å². The molecule has 0 saturated heterocycles. The Kier molecular flexibility index (Phi) is 6.92. The third kappa shape index (κ3) is 10.0. The first-order valence-electron chi connectivity index (χ1n) is 6.61. The zero-order valence-corrected chi connectivity index (χ0v) is 12.7. The SMILES string of the molecule is CC(C)(C)OC(=O)[C@@H](CC(F)(F)F)[C@@H](CCC(F)(F)F)C(=O)O. The van der Waals surface area contributed by atoms with Gasteiger partial charge >= 0.3 is 24.3 Å². The lowest BCUT2D eigenvalue weighted by atomic mass is 9.85. The predicted molar refractivity (Wildman–Crippen MR) is 66.4 cm³/mol. The molecule has 0 aliphatic heterocycles. The Morgan fingerprint density at radius 2 is 1.43 bits per heavy atom. The number of aliphatic carboxylic acids is 1. The molecule has 4 nitrogen and oxygen atoms in total. The molecular formula is C13H18F6O4. The number of carbonyl (C=O) groups excluding carboxylic acids is 1. The van der Waals surface area contributed by atoms with Crippen molar-refractivity contribution in [3.63, 3.8) is 0 Å². The Morgan fingerprint density at radius 1 is 0.957 bits per heavy atom. The second-order valence-corrected chi connectivity index (χ2v) is 6.06. The number of carboxylic acid groups (broad SMARTS) is 1. The fourth-order valence-corrected chi connectivity index (χ4v) is 1.83. The number of halogens is 6. The van der Waals surface area contributed by atoms with Crippen LogP contribution in [0.25, 0.3) is 0 Å². The minimum Gasteiger partial charge on any atom is -0.481 e. The van der Waals surface area contributed by atoms with E-state index in [1.807, 2.05) is 0 Å². The van der Waals surface area contributed by atoms with Gasteiger partial charge in [-0.2, -0.15) is 26.3 Å². The first-order valence-corrected chi connectivity index (χ1v) is 6.61. The zero-order chi connectivity index (χ0) is 18.6. The molecule has 0 bridgehead atoms. The minimum absolute atomic E-state index is 1.14. The van der Waals surface area contributed by atoms with Crippen LogP contribution < -0.4 is 0 Å². The molecule has 2 atom stereocenters. The molecule has 0 aromatic rings. The van der Waals surface area contributed by atoms with Crippen molar-refractivity contribution in [3.8, 4) is 0 Å². The molecule has 0 aliphatic carbocycles. The van der Waals surface area contributed by atoms with E-state index < -0.39 is 61.0 Å². The molecular weight excluding hydrogens is 334 g/mol. The number of esters is 1. The highest BCUT2D eigenvalue weighted by molar-refractivity contribution is 5.81. The van der Waals surface area contributed by atoms with Gasteiger partial charge in [-0.15, -0.1) is 0 Å². The second-order valence-electron chi connectivity index (χ2n) is 6.06. The average molecular weight is 352 g/mol. The topological polar surface area (TPSA) is 63.6 Å². The smallest absolute Gasteiger partial charge is 0.389 e. The van der Waals surface area contributed by atoms with E-state index in [9.17, 15) is 35.9 Å². The van der Waals surface area contributed by atoms with Crippen LogP contribution >= 0.6 is 0 Å². The lowest BCUT2D eigenvalue weighted by Gasteiger charge is -2.28. The molecule has 0 amide bonds. The van der Waals surface area contributed by atoms with Gasteiger partial charge in [0.15, 0.2) is 0 Å². The zero-order valence-electron chi connectivity index (χ0n) is 12.7. The van der Waals surface area contributed by atoms with Gasteiger partial charge < -0.3 is 9.84 Å². The number of rotatable bonds is 6. The monoisotopic (exact) mass is 352 g/mol. The fourth-order valence-electron chi connectivity index (χ4n) is 1.83. The Bertz CT molecular complexity index is 422. The standard InChI is InChI=1S/C13H18F6O4/c1-11(2,3)23-10(22)8(6-13(17,18)19)7(9(20)21)4-5-12(14,15)16/h7-8H,4-6H2,1-3H3,(H,20,21)/t7-,8+/m1/s1. The third-order valence-electron chi connectivity index (χ3n) is 2.70. The van der Waals surface area contributed by atoms with Gasteiger partial charge in [0.25, 0.3) is 0 Å². The van der Waals surface area contributed by atoms with Crippen LogP contribution in [0.1, 0.15) is 40.0 Å². The molecule has 23 heavy (non-hydrogen) atoms. The van der Waals surface area contributed by atoms with Gasteiger partial charge in [0.1, 0.15) is 5.60 Å². The van der Waals surface area contributed by atoms with Crippen LogP contribution in [-0.2, 0) is 14.3 Å². The van der Waals surface area contributed by atoms with Crippen LogP contribution in [0.15, 0.2) is 0 Å². The molecule has 0 spiro atoms. The van der Waals surface area contributed by atoms with E-state index in [0.29, 0.717) is 0 Å². The highest BCUT2D eigenvalue weighted by Gasteiger charge is 2.45. The fraction of sp³-hybridized carbons (Fsp3) is 0.846. The highest BCUT2D eigenvalue weighted by atomic mass is 19.4. The quantitative estimate of drug-likeness (QED) is 0.581. The molecule has 0 rings (SSSR count). The van der Waals surface area contributed by atoms with E-state index in [0.717, 1.165) is 0 Å². The maximum atomic E-state index is 12.6. The van der Waals surface area contributed by atoms with Gasteiger partial charge in [0, 0.05) is 6.42 Å². The summed E-state index contributed by atoms with van der Waals surface area (Å²) in [7, 11) is 0. The summed E-state index contributed by atoms with van der Waals surface area (Å²) in [4.78, 5) is 22.9. The van der Waals surface area contributed by atoms with E-state index in [1.54, 1.807) is 0 Å². The molecule has 0 aromatic heterocycles. The summed E-state index contributed by atoms with van der Waals surface area (Å²) in [6.45, 7) is 4.04. The maximum absolute atomic E-state index is 12.6. The summed E-state index contributed by atoms with van der Waals surface area (Å²) in [6, 6.07) is 0. The molecule has 0 fully saturated rings. The summed E-state index contributed by atoms with van der Waals surface area (Å²) >= 11 is 0. The number of carboxylic acids is 1. The average Bonchev–Trinajstić information content (AvgIpc) is 2.21. The predicted octanol–water partition coefficient (Wildman–Crippen LogP) is 3.94. The molecule has 136 valence electrons. The molecule has 1 N–H and O–H groups in total. The first-order chi connectivity index (χ1) is 10.0. The molecule has 0 unspecified atom stereocenters. The van der Waals surface area contributed by atoms with Crippen molar-refractivity contribution in [1.29, 1.82) is 0 Å². The van der Waals surface area contributed by atoms with Crippen LogP contribution in [0.3, 0.4) is 0 Å². The lowest BCUT2D eigenvalue weighted by molar-refractivity contribution is -0.185. The molecule has 0 saturated carbocycles. The summed E-state index contributed by atoms with van der Waals surface area (Å²) in [5, 5.41) is 8.94. The normalized spacial score (nSPS) is 15.9. The molecule has 10 heteroatoms. The van der Waals surface area contributed by atoms with E-state index in [-0.39, 0.29) is 0 Å². The Hall–Kier alpha value is -1.48. The first kappa shape index (κ1) is 21.5. The van der Waals surface area contributed by atoms with Crippen molar-refractivity contribution in [2.45, 2.75) is 58.0 Å². The van der Waals surface area contributed by atoms with Crippen LogP contribution in [-0.4, -0.2) is 35.0 Å². The summed E-state index contributed by atoms with van der Waals surface area (Å²) in [5.74, 6) is -7.78. The largest absolute Gasteiger partial charge is 0.481 e. The van der Waals surface area contributed by atoms with E-state index in [4.69, 9.17) is 9.84 Å². The summed E-state index contributed by atoms with van der Waals surface area (Å²) < 4.78 is 79.1. The number of alkyl halides is 6. The van der Waals surface area contributed by atoms with E-state index in [1.165, 1.54) is 20.8 Å². The van der Waals surface area contributed by atoms with Crippen molar-refractivity contribution in [2.75, 3.05) is 0 Å². The van der Waals surface area contributed by atoms with Crippen molar-refractivity contribution in [2.24, 2.45) is 11.8 Å².